The lowest BCUT2D eigenvalue weighted by molar-refractivity contribution is 0.194. The number of nitrogen functional groups attached to an aromatic ring is 1. The van der Waals surface area contributed by atoms with E-state index in [1.807, 2.05) is 0 Å². The molecule has 7 nitrogen and oxygen atoms in total. The third-order valence-corrected chi connectivity index (χ3v) is 7.80. The van der Waals surface area contributed by atoms with Crippen LogP contribution in [0.4, 0.5) is 24.8 Å². The van der Waals surface area contributed by atoms with Gasteiger partial charge in [0, 0.05) is 24.3 Å². The number of hydrogen-bond acceptors (Lipinski definition) is 7. The summed E-state index contributed by atoms with van der Waals surface area (Å²) < 4.78 is 64.3. The summed E-state index contributed by atoms with van der Waals surface area (Å²) in [6.07, 6.45) is 2.29. The molecule has 0 amide bonds. The molecule has 0 spiro atoms. The van der Waals surface area contributed by atoms with Crippen LogP contribution in [0.3, 0.4) is 0 Å². The number of nitrogens with one attached hydrogen (secondary N) is 1. The smallest absolute Gasteiger partial charge is 0.220 e. The Bertz CT molecular complexity index is 1410. The number of thiazole rings is 1. The second kappa shape index (κ2) is 9.72. The van der Waals surface area contributed by atoms with Crippen molar-refractivity contribution in [2.75, 3.05) is 23.7 Å². The van der Waals surface area contributed by atoms with Gasteiger partial charge in [0.2, 0.25) is 5.95 Å². The summed E-state index contributed by atoms with van der Waals surface area (Å²) in [7, 11) is -2.39. The van der Waals surface area contributed by atoms with Gasteiger partial charge in [-0.3, -0.25) is 4.72 Å². The molecule has 180 valence electrons. The standard InChI is InChI=1S/C23H18F3N5O2S2/c24-14-4-2-5-15(25)21(14)35(32)31-16-6-1-3-13(18(16)26)19-20(17-7-9-28-23(27)29-17)34-22(30-19)12-8-10-33-11-12/h1-7,9,12,31H,8,10-11H2,(H2,27,28,29). The van der Waals surface area contributed by atoms with Gasteiger partial charge in [-0.25, -0.2) is 32.3 Å². The van der Waals surface area contributed by atoms with E-state index in [0.29, 0.717) is 29.5 Å². The topological polar surface area (TPSA) is 103 Å². The Kier molecular flexibility index (Phi) is 6.50. The Morgan fingerprint density at radius 2 is 1.86 bits per heavy atom. The molecule has 12 heteroatoms. The number of halogens is 3. The SMILES string of the molecule is Nc1nccc(-c2sc(C3CCOC3)nc2-c2cccc(NS(=O)c3c(F)cccc3F)c2F)n1. The number of anilines is 2. The largest absolute Gasteiger partial charge is 0.381 e. The van der Waals surface area contributed by atoms with Crippen molar-refractivity contribution in [2.45, 2.75) is 17.2 Å². The molecule has 4 aromatic rings. The van der Waals surface area contributed by atoms with E-state index < -0.39 is 33.3 Å². The fourth-order valence-electron chi connectivity index (χ4n) is 3.70. The molecule has 5 rings (SSSR count). The minimum atomic E-state index is -2.39. The van der Waals surface area contributed by atoms with E-state index in [0.717, 1.165) is 29.6 Å². The summed E-state index contributed by atoms with van der Waals surface area (Å²) in [6, 6.07) is 9.15. The highest BCUT2D eigenvalue weighted by molar-refractivity contribution is 7.86. The second-order valence-corrected chi connectivity index (χ2v) is 9.86. The molecule has 0 bridgehead atoms. The summed E-state index contributed by atoms with van der Waals surface area (Å²) in [6.45, 7) is 1.12. The molecule has 1 aliphatic rings. The van der Waals surface area contributed by atoms with E-state index in [1.165, 1.54) is 35.7 Å². The highest BCUT2D eigenvalue weighted by Crippen LogP contribution is 2.42. The lowest BCUT2D eigenvalue weighted by Crippen LogP contribution is -2.10. The maximum Gasteiger partial charge on any atom is 0.220 e. The number of nitrogens with zero attached hydrogens (tertiary/aromatic N) is 3. The predicted octanol–water partition coefficient (Wildman–Crippen LogP) is 4.91. The first-order valence-corrected chi connectivity index (χ1v) is 12.5. The zero-order valence-electron chi connectivity index (χ0n) is 18.0. The molecule has 35 heavy (non-hydrogen) atoms. The van der Waals surface area contributed by atoms with Crippen LogP contribution in [0.2, 0.25) is 0 Å². The molecular weight excluding hydrogens is 499 g/mol. The van der Waals surface area contributed by atoms with E-state index in [-0.39, 0.29) is 23.1 Å². The van der Waals surface area contributed by atoms with Gasteiger partial charge in [-0.2, -0.15) is 0 Å². The van der Waals surface area contributed by atoms with Crippen molar-refractivity contribution in [3.05, 3.63) is 71.1 Å². The van der Waals surface area contributed by atoms with Crippen molar-refractivity contribution >= 4 is 34.0 Å². The Hall–Kier alpha value is -3.35. The fourth-order valence-corrected chi connectivity index (χ4v) is 5.82. The van der Waals surface area contributed by atoms with E-state index in [2.05, 4.69) is 14.7 Å². The highest BCUT2D eigenvalue weighted by Gasteiger charge is 2.27. The molecule has 0 radical (unpaired) electrons. The maximum absolute atomic E-state index is 15.7. The maximum atomic E-state index is 15.7. The van der Waals surface area contributed by atoms with Crippen LogP contribution in [0.5, 0.6) is 0 Å². The van der Waals surface area contributed by atoms with E-state index in [4.69, 9.17) is 15.5 Å². The van der Waals surface area contributed by atoms with Crippen LogP contribution < -0.4 is 10.5 Å². The van der Waals surface area contributed by atoms with Gasteiger partial charge in [-0.15, -0.1) is 11.3 Å². The summed E-state index contributed by atoms with van der Waals surface area (Å²) in [4.78, 5) is 12.8. The van der Waals surface area contributed by atoms with Crippen LogP contribution in [-0.4, -0.2) is 32.4 Å². The number of hydrogen-bond donors (Lipinski definition) is 2. The van der Waals surface area contributed by atoms with Gasteiger partial charge in [0.05, 0.1) is 33.6 Å². The first-order valence-electron chi connectivity index (χ1n) is 10.5. The van der Waals surface area contributed by atoms with Crippen LogP contribution in [-0.2, 0) is 15.7 Å². The number of nitrogens with two attached hydrogens (primary N) is 1. The summed E-state index contributed by atoms with van der Waals surface area (Å²) in [5.74, 6) is -2.66. The van der Waals surface area contributed by atoms with Crippen LogP contribution in [0.15, 0.2) is 53.6 Å². The number of ether oxygens (including phenoxy) is 1. The molecule has 2 unspecified atom stereocenters. The van der Waals surface area contributed by atoms with Gasteiger partial charge in [0.1, 0.15) is 16.5 Å². The normalized spacial score (nSPS) is 16.4. The number of aromatic nitrogens is 3. The van der Waals surface area contributed by atoms with Gasteiger partial charge in [-0.05, 0) is 36.8 Å². The molecule has 0 aliphatic carbocycles. The average Bonchev–Trinajstić information content (AvgIpc) is 3.51. The van der Waals surface area contributed by atoms with Gasteiger partial charge < -0.3 is 10.5 Å². The third kappa shape index (κ3) is 4.64. The lowest BCUT2D eigenvalue weighted by atomic mass is 10.1. The molecular formula is C23H18F3N5O2S2. The van der Waals surface area contributed by atoms with Crippen molar-refractivity contribution in [1.29, 1.82) is 0 Å². The van der Waals surface area contributed by atoms with Crippen LogP contribution >= 0.6 is 11.3 Å². The highest BCUT2D eigenvalue weighted by atomic mass is 32.2. The quantitative estimate of drug-likeness (QED) is 0.377. The molecule has 1 saturated heterocycles. The Balaban J connectivity index is 1.57. The zero-order chi connectivity index (χ0) is 24.5. The molecule has 2 atom stereocenters. The van der Waals surface area contributed by atoms with Gasteiger partial charge in [0.25, 0.3) is 0 Å². The lowest BCUT2D eigenvalue weighted by Gasteiger charge is -2.11. The molecule has 2 aromatic carbocycles. The third-order valence-electron chi connectivity index (χ3n) is 5.39. The molecule has 0 saturated carbocycles. The Labute approximate surface area is 204 Å². The van der Waals surface area contributed by atoms with Gasteiger partial charge in [0.15, 0.2) is 16.8 Å². The minimum Gasteiger partial charge on any atom is -0.381 e. The zero-order valence-corrected chi connectivity index (χ0v) is 19.6. The first kappa shape index (κ1) is 23.4. The summed E-state index contributed by atoms with van der Waals surface area (Å²) in [5.41, 5.74) is 6.47. The van der Waals surface area contributed by atoms with Crippen molar-refractivity contribution in [1.82, 2.24) is 15.0 Å². The summed E-state index contributed by atoms with van der Waals surface area (Å²) >= 11 is 1.36. The molecule has 1 aliphatic heterocycles. The Morgan fingerprint density at radius 1 is 1.09 bits per heavy atom. The van der Waals surface area contributed by atoms with Crippen LogP contribution in [0, 0.1) is 17.5 Å². The molecule has 1 fully saturated rings. The van der Waals surface area contributed by atoms with E-state index in [9.17, 15) is 13.0 Å². The van der Waals surface area contributed by atoms with Crippen LogP contribution in [0.25, 0.3) is 21.8 Å². The Morgan fingerprint density at radius 3 is 2.57 bits per heavy atom. The second-order valence-electron chi connectivity index (χ2n) is 7.68. The molecule has 3 N–H and O–H groups in total. The summed E-state index contributed by atoms with van der Waals surface area (Å²) in [5, 5.41) is 0.763. The van der Waals surface area contributed by atoms with Crippen molar-refractivity contribution in [2.24, 2.45) is 0 Å². The monoisotopic (exact) mass is 517 g/mol. The van der Waals surface area contributed by atoms with Crippen molar-refractivity contribution in [3.8, 4) is 21.8 Å². The number of rotatable bonds is 6. The van der Waals surface area contributed by atoms with Gasteiger partial charge >= 0.3 is 0 Å². The van der Waals surface area contributed by atoms with E-state index >= 15 is 4.39 Å². The van der Waals surface area contributed by atoms with Gasteiger partial charge in [-0.1, -0.05) is 12.1 Å². The minimum absolute atomic E-state index is 0.0609. The number of benzene rings is 2. The predicted molar refractivity (Wildman–Crippen MR) is 128 cm³/mol. The van der Waals surface area contributed by atoms with Crippen LogP contribution in [0.1, 0.15) is 17.3 Å². The first-order chi connectivity index (χ1) is 16.9. The average molecular weight is 518 g/mol. The van der Waals surface area contributed by atoms with Crippen molar-refractivity contribution in [3.63, 3.8) is 0 Å². The fraction of sp³-hybridized carbons (Fsp3) is 0.174. The van der Waals surface area contributed by atoms with E-state index in [1.54, 1.807) is 6.07 Å². The molecule has 3 heterocycles. The molecule has 2 aromatic heterocycles. The van der Waals surface area contributed by atoms with Crippen molar-refractivity contribution < 1.29 is 22.1 Å².